The van der Waals surface area contributed by atoms with E-state index in [-0.39, 0.29) is 30.0 Å². The number of benzene rings is 1. The molecule has 0 bridgehead atoms. The first kappa shape index (κ1) is 21.3. The minimum Gasteiger partial charge on any atom is -0.388 e. The maximum atomic E-state index is 13.4. The summed E-state index contributed by atoms with van der Waals surface area (Å²) in [6.07, 6.45) is -1.64. The molecule has 1 unspecified atom stereocenters. The summed E-state index contributed by atoms with van der Waals surface area (Å²) >= 11 is 0. The number of aromatic nitrogens is 2. The van der Waals surface area contributed by atoms with Crippen molar-refractivity contribution in [2.24, 2.45) is 5.92 Å². The predicted octanol–water partition coefficient (Wildman–Crippen LogP) is 3.66. The van der Waals surface area contributed by atoms with E-state index in [1.165, 1.54) is 12.1 Å². The van der Waals surface area contributed by atoms with Crippen molar-refractivity contribution in [3.63, 3.8) is 0 Å². The Balaban J connectivity index is 0.00000261. The Labute approximate surface area is 160 Å². The second-order valence-corrected chi connectivity index (χ2v) is 6.65. The van der Waals surface area contributed by atoms with Crippen molar-refractivity contribution in [1.29, 1.82) is 0 Å². The molecule has 1 saturated heterocycles. The fourth-order valence-corrected chi connectivity index (χ4v) is 3.34. The summed E-state index contributed by atoms with van der Waals surface area (Å²) in [5.41, 5.74) is -0.494. The van der Waals surface area contributed by atoms with E-state index >= 15 is 0 Å². The minimum atomic E-state index is -4.48. The predicted molar refractivity (Wildman–Crippen MR) is 98.1 cm³/mol. The van der Waals surface area contributed by atoms with Crippen molar-refractivity contribution in [2.75, 3.05) is 18.4 Å². The number of piperidine rings is 1. The molecule has 10 heteroatoms. The van der Waals surface area contributed by atoms with Gasteiger partial charge in [0, 0.05) is 17.3 Å². The van der Waals surface area contributed by atoms with E-state index in [4.69, 9.17) is 4.42 Å². The summed E-state index contributed by atoms with van der Waals surface area (Å²) in [6.45, 7) is 3.77. The standard InChI is InChI=1S/C17H21F3N4O2.ClH/c1-10(8-11-4-6-21-7-5-11)22-14-9-12(15-23-24-16(25)26-15)2-3-13(14)17(18,19)20;/h2-3,9-11,21-22H,4-8H2,1H3,(H,24,25);1H. The number of H-pyrrole nitrogens is 1. The number of rotatable bonds is 5. The van der Waals surface area contributed by atoms with E-state index in [9.17, 15) is 18.0 Å². The van der Waals surface area contributed by atoms with Crippen LogP contribution in [0.3, 0.4) is 0 Å². The Morgan fingerprint density at radius 2 is 2.04 bits per heavy atom. The van der Waals surface area contributed by atoms with Crippen LogP contribution in [-0.2, 0) is 6.18 Å². The van der Waals surface area contributed by atoms with Gasteiger partial charge in [-0.15, -0.1) is 17.5 Å². The molecule has 0 radical (unpaired) electrons. The van der Waals surface area contributed by atoms with Crippen molar-refractivity contribution < 1.29 is 17.6 Å². The fraction of sp³-hybridized carbons (Fsp3) is 0.529. The number of alkyl halides is 3. The van der Waals surface area contributed by atoms with Crippen LogP contribution in [-0.4, -0.2) is 29.3 Å². The topological polar surface area (TPSA) is 83.0 Å². The summed E-state index contributed by atoms with van der Waals surface area (Å²) in [4.78, 5) is 11.1. The molecule has 1 aromatic carbocycles. The number of nitrogens with zero attached hydrogens (tertiary/aromatic N) is 1. The molecule has 0 amide bonds. The first-order valence-electron chi connectivity index (χ1n) is 8.57. The third-order valence-electron chi connectivity index (χ3n) is 4.56. The monoisotopic (exact) mass is 406 g/mol. The molecule has 1 fully saturated rings. The molecule has 3 rings (SSSR count). The lowest BCUT2D eigenvalue weighted by Crippen LogP contribution is -2.31. The number of halogens is 4. The summed E-state index contributed by atoms with van der Waals surface area (Å²) in [6, 6.07) is 3.41. The zero-order chi connectivity index (χ0) is 18.7. The van der Waals surface area contributed by atoms with Crippen LogP contribution in [0.4, 0.5) is 18.9 Å². The molecule has 1 aliphatic rings. The van der Waals surface area contributed by atoms with Crippen LogP contribution in [0.2, 0.25) is 0 Å². The van der Waals surface area contributed by atoms with Crippen molar-refractivity contribution in [1.82, 2.24) is 15.5 Å². The molecule has 0 aliphatic carbocycles. The quantitative estimate of drug-likeness (QED) is 0.705. The molecule has 0 spiro atoms. The van der Waals surface area contributed by atoms with E-state index in [1.807, 2.05) is 6.92 Å². The highest BCUT2D eigenvalue weighted by Crippen LogP contribution is 2.37. The Morgan fingerprint density at radius 1 is 1.33 bits per heavy atom. The molecule has 2 aromatic rings. The van der Waals surface area contributed by atoms with Crippen molar-refractivity contribution in [2.45, 2.75) is 38.4 Å². The van der Waals surface area contributed by atoms with Crippen molar-refractivity contribution in [3.05, 3.63) is 34.3 Å². The highest BCUT2D eigenvalue weighted by molar-refractivity contribution is 5.85. The molecular weight excluding hydrogens is 385 g/mol. The lowest BCUT2D eigenvalue weighted by atomic mass is 9.91. The van der Waals surface area contributed by atoms with Crippen molar-refractivity contribution in [3.8, 4) is 11.5 Å². The molecule has 27 heavy (non-hydrogen) atoms. The van der Waals surface area contributed by atoms with Crippen LogP contribution in [0.5, 0.6) is 0 Å². The number of hydrogen-bond donors (Lipinski definition) is 3. The van der Waals surface area contributed by atoms with Gasteiger partial charge < -0.3 is 15.1 Å². The Morgan fingerprint density at radius 3 is 2.63 bits per heavy atom. The maximum Gasteiger partial charge on any atom is 0.434 e. The van der Waals surface area contributed by atoms with E-state index in [2.05, 4.69) is 20.8 Å². The summed E-state index contributed by atoms with van der Waals surface area (Å²) in [5.74, 6) is -0.313. The normalized spacial score (nSPS) is 16.6. The van der Waals surface area contributed by atoms with Gasteiger partial charge in [-0.2, -0.15) is 13.2 Å². The molecular formula is C17H22ClF3N4O2. The molecule has 6 nitrogen and oxygen atoms in total. The summed E-state index contributed by atoms with van der Waals surface area (Å²) in [7, 11) is 0. The third kappa shape index (κ3) is 5.49. The lowest BCUT2D eigenvalue weighted by molar-refractivity contribution is -0.137. The maximum absolute atomic E-state index is 13.4. The van der Waals surface area contributed by atoms with E-state index in [1.54, 1.807) is 0 Å². The molecule has 3 N–H and O–H groups in total. The van der Waals surface area contributed by atoms with Gasteiger partial charge in [-0.3, -0.25) is 0 Å². The third-order valence-corrected chi connectivity index (χ3v) is 4.56. The molecule has 1 atom stereocenters. The van der Waals surface area contributed by atoms with E-state index in [0.717, 1.165) is 38.4 Å². The zero-order valence-electron chi connectivity index (χ0n) is 14.7. The molecule has 1 aromatic heterocycles. The molecule has 0 saturated carbocycles. The smallest absolute Gasteiger partial charge is 0.388 e. The van der Waals surface area contributed by atoms with Gasteiger partial charge in [0.1, 0.15) is 0 Å². The van der Waals surface area contributed by atoms with Gasteiger partial charge in [-0.05, 0) is 63.4 Å². The van der Waals surface area contributed by atoms with E-state index < -0.39 is 17.5 Å². The summed E-state index contributed by atoms with van der Waals surface area (Å²) in [5, 5.41) is 12.0. The average molecular weight is 407 g/mol. The Bertz CT molecular complexity index is 800. The van der Waals surface area contributed by atoms with Gasteiger partial charge in [-0.1, -0.05) is 0 Å². The number of aromatic amines is 1. The number of nitrogens with one attached hydrogen (secondary N) is 3. The van der Waals surface area contributed by atoms with Crippen LogP contribution in [0.15, 0.2) is 27.4 Å². The second kappa shape index (κ2) is 8.79. The zero-order valence-corrected chi connectivity index (χ0v) is 15.5. The fourth-order valence-electron chi connectivity index (χ4n) is 3.34. The van der Waals surface area contributed by atoms with Crippen LogP contribution in [0.1, 0.15) is 31.7 Å². The lowest BCUT2D eigenvalue weighted by Gasteiger charge is -2.27. The van der Waals surface area contributed by atoms with Crippen LogP contribution < -0.4 is 16.4 Å². The largest absolute Gasteiger partial charge is 0.434 e. The van der Waals surface area contributed by atoms with Gasteiger partial charge in [0.2, 0.25) is 5.89 Å². The first-order chi connectivity index (χ1) is 12.3. The molecule has 2 heterocycles. The van der Waals surface area contributed by atoms with Crippen LogP contribution in [0, 0.1) is 5.92 Å². The Kier molecular flexibility index (Phi) is 6.94. The SMILES string of the molecule is CC(CC1CCNCC1)Nc1cc(-c2n[nH]c(=O)o2)ccc1C(F)(F)F.Cl. The molecule has 150 valence electrons. The highest BCUT2D eigenvalue weighted by Gasteiger charge is 2.34. The van der Waals surface area contributed by atoms with E-state index in [0.29, 0.717) is 11.5 Å². The van der Waals surface area contributed by atoms with Crippen LogP contribution in [0.25, 0.3) is 11.5 Å². The summed E-state index contributed by atoms with van der Waals surface area (Å²) < 4.78 is 44.9. The first-order valence-corrected chi connectivity index (χ1v) is 8.57. The van der Waals surface area contributed by atoms with Crippen LogP contribution >= 0.6 is 12.4 Å². The van der Waals surface area contributed by atoms with Gasteiger partial charge >= 0.3 is 11.9 Å². The number of anilines is 1. The minimum absolute atomic E-state index is 0. The van der Waals surface area contributed by atoms with Gasteiger partial charge in [0.15, 0.2) is 0 Å². The van der Waals surface area contributed by atoms with Gasteiger partial charge in [0.05, 0.1) is 5.56 Å². The second-order valence-electron chi connectivity index (χ2n) is 6.65. The van der Waals surface area contributed by atoms with Crippen molar-refractivity contribution >= 4 is 18.1 Å². The number of hydrogen-bond acceptors (Lipinski definition) is 5. The van der Waals surface area contributed by atoms with Gasteiger partial charge in [-0.25, -0.2) is 9.89 Å². The average Bonchev–Trinajstić information content (AvgIpc) is 3.01. The highest BCUT2D eigenvalue weighted by atomic mass is 35.5. The van der Waals surface area contributed by atoms with Gasteiger partial charge in [0.25, 0.3) is 0 Å². The molecule has 1 aliphatic heterocycles. The Hall–Kier alpha value is -2.00.